The highest BCUT2D eigenvalue weighted by molar-refractivity contribution is 6.00. The summed E-state index contributed by atoms with van der Waals surface area (Å²) in [7, 11) is 0. The van der Waals surface area contributed by atoms with Crippen LogP contribution in [-0.4, -0.2) is 42.9 Å². The fourth-order valence-corrected chi connectivity index (χ4v) is 1.93. The van der Waals surface area contributed by atoms with Gasteiger partial charge in [0, 0.05) is 18.8 Å². The van der Waals surface area contributed by atoms with Crippen LogP contribution >= 0.6 is 0 Å². The zero-order valence-electron chi connectivity index (χ0n) is 13.0. The molecule has 1 aromatic carbocycles. The molecule has 1 rings (SSSR count). The van der Waals surface area contributed by atoms with Crippen molar-refractivity contribution in [2.75, 3.05) is 31.5 Å². The van der Waals surface area contributed by atoms with Crippen LogP contribution in [0.25, 0.3) is 0 Å². The Morgan fingerprint density at radius 1 is 1.22 bits per heavy atom. The summed E-state index contributed by atoms with van der Waals surface area (Å²) in [4.78, 5) is 25.8. The first-order valence-electron chi connectivity index (χ1n) is 7.18. The first-order valence-corrected chi connectivity index (χ1v) is 7.18. The summed E-state index contributed by atoms with van der Waals surface area (Å²) < 4.78 is 0. The number of hydrogen-bond acceptors (Lipinski definition) is 3. The van der Waals surface area contributed by atoms with Crippen molar-refractivity contribution in [2.24, 2.45) is 0 Å². The lowest BCUT2D eigenvalue weighted by atomic mass is 10.1. The average Bonchev–Trinajstić information content (AvgIpc) is 2.57. The monoisotopic (exact) mass is 311 g/mol. The molecule has 2 N–H and O–H groups in total. The number of hydrogen-bond donors (Lipinski definition) is 2. The predicted octanol–water partition coefficient (Wildman–Crippen LogP) is 1.66. The molecule has 120 valence electrons. The molecule has 0 atom stereocenters. The van der Waals surface area contributed by atoms with Crippen molar-refractivity contribution in [1.82, 2.24) is 10.2 Å². The molecule has 5 nitrogen and oxygen atoms in total. The van der Waals surface area contributed by atoms with Crippen LogP contribution in [0.3, 0.4) is 0 Å². The normalized spacial score (nSPS) is 9.35. The van der Waals surface area contributed by atoms with E-state index in [2.05, 4.69) is 29.7 Å². The van der Waals surface area contributed by atoms with E-state index in [1.165, 1.54) is 0 Å². The molecule has 5 heteroatoms. The maximum atomic E-state index is 12.2. The molecule has 0 heterocycles. The Bertz CT molecular complexity index is 607. The van der Waals surface area contributed by atoms with Gasteiger partial charge in [0.1, 0.15) is 0 Å². The van der Waals surface area contributed by atoms with Gasteiger partial charge in [-0.2, -0.15) is 0 Å². The summed E-state index contributed by atoms with van der Waals surface area (Å²) in [6, 6.07) is 6.95. The van der Waals surface area contributed by atoms with Crippen LogP contribution in [0.2, 0.25) is 0 Å². The Hall–Kier alpha value is -3.00. The van der Waals surface area contributed by atoms with Gasteiger partial charge in [0.15, 0.2) is 0 Å². The molecule has 0 aliphatic carbocycles. The minimum absolute atomic E-state index is 0.0705. The van der Waals surface area contributed by atoms with Crippen LogP contribution in [0.15, 0.2) is 49.6 Å². The van der Waals surface area contributed by atoms with Crippen LogP contribution in [0.4, 0.5) is 5.69 Å². The third kappa shape index (κ3) is 5.71. The number of para-hydroxylation sites is 1. The maximum absolute atomic E-state index is 12.2. The molecule has 0 fully saturated rings. The van der Waals surface area contributed by atoms with E-state index in [4.69, 9.17) is 6.42 Å². The van der Waals surface area contributed by atoms with E-state index in [9.17, 15) is 9.59 Å². The quantitative estimate of drug-likeness (QED) is 0.538. The number of amides is 2. The summed E-state index contributed by atoms with van der Waals surface area (Å²) in [5.74, 6) is 1.96. The van der Waals surface area contributed by atoms with Gasteiger partial charge in [-0.25, -0.2) is 0 Å². The van der Waals surface area contributed by atoms with E-state index in [0.717, 1.165) is 0 Å². The Kier molecular flexibility index (Phi) is 7.73. The fraction of sp³-hybridized carbons (Fsp3) is 0.222. The van der Waals surface area contributed by atoms with Gasteiger partial charge in [-0.3, -0.25) is 9.59 Å². The number of rotatable bonds is 9. The molecule has 0 spiro atoms. The molecule has 0 radical (unpaired) electrons. The van der Waals surface area contributed by atoms with Gasteiger partial charge < -0.3 is 15.5 Å². The maximum Gasteiger partial charge on any atom is 0.254 e. The van der Waals surface area contributed by atoms with Crippen molar-refractivity contribution in [2.45, 2.75) is 0 Å². The highest BCUT2D eigenvalue weighted by atomic mass is 16.2. The molecule has 0 saturated carbocycles. The van der Waals surface area contributed by atoms with E-state index in [-0.39, 0.29) is 24.9 Å². The summed E-state index contributed by atoms with van der Waals surface area (Å²) >= 11 is 0. The van der Waals surface area contributed by atoms with Gasteiger partial charge in [-0.15, -0.1) is 19.6 Å². The second-order valence-corrected chi connectivity index (χ2v) is 4.66. The lowest BCUT2D eigenvalue weighted by molar-refractivity contribution is -0.128. The minimum Gasteiger partial charge on any atom is -0.376 e. The molecular formula is C18H21N3O2. The second kappa shape index (κ2) is 9.85. The zero-order chi connectivity index (χ0) is 17.1. The first kappa shape index (κ1) is 18.1. The third-order valence-electron chi connectivity index (χ3n) is 3.00. The number of anilines is 1. The van der Waals surface area contributed by atoms with Crippen molar-refractivity contribution in [1.29, 1.82) is 0 Å². The van der Waals surface area contributed by atoms with Gasteiger partial charge >= 0.3 is 0 Å². The highest BCUT2D eigenvalue weighted by Crippen LogP contribution is 2.14. The molecule has 0 unspecified atom stereocenters. The van der Waals surface area contributed by atoms with Crippen LogP contribution in [0.5, 0.6) is 0 Å². The number of terminal acetylenes is 1. The molecule has 1 aromatic rings. The molecule has 23 heavy (non-hydrogen) atoms. The molecule has 0 aromatic heterocycles. The Morgan fingerprint density at radius 3 is 2.48 bits per heavy atom. The van der Waals surface area contributed by atoms with Gasteiger partial charge in [0.2, 0.25) is 5.91 Å². The van der Waals surface area contributed by atoms with Gasteiger partial charge in [-0.05, 0) is 12.1 Å². The standard InChI is InChI=1S/C18H21N3O2/c1-4-11-19-18(23)15-9-7-8-10-16(15)20-14-17(22)21(12-5-2)13-6-3/h1,5-10,20H,2-3,11-14H2,(H,19,23). The summed E-state index contributed by atoms with van der Waals surface area (Å²) in [5.41, 5.74) is 1.02. The van der Waals surface area contributed by atoms with E-state index >= 15 is 0 Å². The zero-order valence-corrected chi connectivity index (χ0v) is 13.0. The third-order valence-corrected chi connectivity index (χ3v) is 3.00. The first-order chi connectivity index (χ1) is 11.1. The number of benzene rings is 1. The number of carbonyl (C=O) groups is 2. The molecule has 2 amide bonds. The van der Waals surface area contributed by atoms with Crippen LogP contribution < -0.4 is 10.6 Å². The minimum atomic E-state index is -0.285. The largest absolute Gasteiger partial charge is 0.376 e. The Labute approximate surface area is 137 Å². The van der Waals surface area contributed by atoms with Crippen molar-refractivity contribution in [3.8, 4) is 12.3 Å². The predicted molar refractivity (Wildman–Crippen MR) is 93.1 cm³/mol. The van der Waals surface area contributed by atoms with Crippen molar-refractivity contribution in [3.63, 3.8) is 0 Å². The molecular weight excluding hydrogens is 290 g/mol. The molecule has 0 bridgehead atoms. The van der Waals surface area contributed by atoms with E-state index < -0.39 is 0 Å². The topological polar surface area (TPSA) is 61.4 Å². The summed E-state index contributed by atoms with van der Waals surface area (Å²) in [6.45, 7) is 8.37. The van der Waals surface area contributed by atoms with Crippen molar-refractivity contribution >= 4 is 17.5 Å². The van der Waals surface area contributed by atoms with E-state index in [1.807, 2.05) is 0 Å². The van der Waals surface area contributed by atoms with E-state index in [1.54, 1.807) is 41.3 Å². The van der Waals surface area contributed by atoms with E-state index in [0.29, 0.717) is 24.3 Å². The Morgan fingerprint density at radius 2 is 1.87 bits per heavy atom. The molecule has 0 aliphatic heterocycles. The van der Waals surface area contributed by atoms with Crippen LogP contribution in [0.1, 0.15) is 10.4 Å². The lowest BCUT2D eigenvalue weighted by Crippen LogP contribution is -2.36. The number of nitrogens with one attached hydrogen (secondary N) is 2. The number of carbonyl (C=O) groups excluding carboxylic acids is 2. The number of nitrogens with zero attached hydrogens (tertiary/aromatic N) is 1. The van der Waals surface area contributed by atoms with Gasteiger partial charge in [0.25, 0.3) is 5.91 Å². The summed E-state index contributed by atoms with van der Waals surface area (Å²) in [5, 5.41) is 5.60. The molecule has 0 aliphatic rings. The average molecular weight is 311 g/mol. The van der Waals surface area contributed by atoms with Crippen LogP contribution in [-0.2, 0) is 4.79 Å². The molecule has 0 saturated heterocycles. The SMILES string of the molecule is C#CCNC(=O)c1ccccc1NCC(=O)N(CC=C)CC=C. The van der Waals surface area contributed by atoms with Crippen molar-refractivity contribution in [3.05, 3.63) is 55.1 Å². The summed E-state index contributed by atoms with van der Waals surface area (Å²) in [6.07, 6.45) is 8.45. The van der Waals surface area contributed by atoms with Gasteiger partial charge in [-0.1, -0.05) is 30.2 Å². The second-order valence-electron chi connectivity index (χ2n) is 4.66. The highest BCUT2D eigenvalue weighted by Gasteiger charge is 2.13. The van der Waals surface area contributed by atoms with Crippen molar-refractivity contribution < 1.29 is 9.59 Å². The Balaban J connectivity index is 2.75. The van der Waals surface area contributed by atoms with Gasteiger partial charge in [0.05, 0.1) is 18.7 Å². The smallest absolute Gasteiger partial charge is 0.254 e. The van der Waals surface area contributed by atoms with Crippen LogP contribution in [0, 0.1) is 12.3 Å². The fourth-order valence-electron chi connectivity index (χ4n) is 1.93. The lowest BCUT2D eigenvalue weighted by Gasteiger charge is -2.20.